The molecule has 1 aliphatic rings. The number of hydrogen-bond donors (Lipinski definition) is 1. The first-order valence-corrected chi connectivity index (χ1v) is 7.94. The van der Waals surface area contributed by atoms with Gasteiger partial charge in [-0.1, -0.05) is 12.1 Å². The van der Waals surface area contributed by atoms with E-state index in [2.05, 4.69) is 10.2 Å². The lowest BCUT2D eigenvalue weighted by Gasteiger charge is -2.14. The molecule has 1 amide bonds. The number of rotatable bonds is 7. The van der Waals surface area contributed by atoms with Crippen LogP contribution in [0.1, 0.15) is 38.2 Å². The minimum atomic E-state index is -0.335. The molecule has 0 aromatic heterocycles. The molecule has 1 aliphatic heterocycles. The monoisotopic (exact) mass is 304 g/mol. The van der Waals surface area contributed by atoms with Crippen LogP contribution in [0.25, 0.3) is 0 Å². The molecular weight excluding hydrogens is 280 g/mol. The summed E-state index contributed by atoms with van der Waals surface area (Å²) in [6.45, 7) is 5.41. The van der Waals surface area contributed by atoms with Crippen molar-refractivity contribution in [1.29, 1.82) is 0 Å². The molecule has 1 heterocycles. The molecule has 0 radical (unpaired) electrons. The van der Waals surface area contributed by atoms with E-state index in [0.717, 1.165) is 12.2 Å². The van der Waals surface area contributed by atoms with Crippen LogP contribution in [0.15, 0.2) is 24.3 Å². The highest BCUT2D eigenvalue weighted by atomic mass is 16.5. The van der Waals surface area contributed by atoms with Gasteiger partial charge in [-0.2, -0.15) is 0 Å². The van der Waals surface area contributed by atoms with E-state index < -0.39 is 0 Å². The highest BCUT2D eigenvalue weighted by Crippen LogP contribution is 2.15. The highest BCUT2D eigenvalue weighted by Gasteiger charge is 2.12. The van der Waals surface area contributed by atoms with Crippen molar-refractivity contribution >= 4 is 17.6 Å². The number of ether oxygens (including phenoxy) is 1. The summed E-state index contributed by atoms with van der Waals surface area (Å²) in [7, 11) is 0. The summed E-state index contributed by atoms with van der Waals surface area (Å²) >= 11 is 0. The number of benzene rings is 1. The Balaban J connectivity index is 1.75. The van der Waals surface area contributed by atoms with Crippen LogP contribution in [0.5, 0.6) is 0 Å². The molecule has 1 N–H and O–H groups in total. The van der Waals surface area contributed by atoms with Gasteiger partial charge in [0.2, 0.25) is 5.91 Å². The fourth-order valence-electron chi connectivity index (χ4n) is 2.56. The lowest BCUT2D eigenvalue weighted by atomic mass is 10.2. The van der Waals surface area contributed by atoms with Gasteiger partial charge in [0, 0.05) is 18.7 Å². The molecule has 5 heteroatoms. The first-order valence-electron chi connectivity index (χ1n) is 7.94. The van der Waals surface area contributed by atoms with Crippen LogP contribution in [-0.2, 0) is 20.9 Å². The van der Waals surface area contributed by atoms with Crippen LogP contribution in [0.2, 0.25) is 0 Å². The van der Waals surface area contributed by atoms with Crippen molar-refractivity contribution in [3.63, 3.8) is 0 Å². The third-order valence-electron chi connectivity index (χ3n) is 3.70. The van der Waals surface area contributed by atoms with E-state index in [0.29, 0.717) is 6.61 Å². The van der Waals surface area contributed by atoms with Gasteiger partial charge in [-0.15, -0.1) is 0 Å². The fraction of sp³-hybridized carbons (Fsp3) is 0.529. The summed E-state index contributed by atoms with van der Waals surface area (Å²) in [6, 6.07) is 7.90. The molecule has 5 nitrogen and oxygen atoms in total. The van der Waals surface area contributed by atoms with Gasteiger partial charge in [-0.25, -0.2) is 0 Å². The third kappa shape index (κ3) is 5.48. The molecule has 1 fully saturated rings. The SMILES string of the molecule is CCOC(=O)CCC(=O)Nc1ccc(CN2CCCC2)cc1. The maximum absolute atomic E-state index is 11.8. The first-order chi connectivity index (χ1) is 10.7. The topological polar surface area (TPSA) is 58.6 Å². The van der Waals surface area contributed by atoms with Gasteiger partial charge in [0.1, 0.15) is 0 Å². The minimum Gasteiger partial charge on any atom is -0.466 e. The van der Waals surface area contributed by atoms with Crippen molar-refractivity contribution in [2.24, 2.45) is 0 Å². The van der Waals surface area contributed by atoms with E-state index in [1.165, 1.54) is 31.5 Å². The summed E-state index contributed by atoms with van der Waals surface area (Å²) in [5.74, 6) is -0.501. The molecule has 0 aliphatic carbocycles. The molecule has 0 saturated carbocycles. The zero-order valence-electron chi connectivity index (χ0n) is 13.1. The summed E-state index contributed by atoms with van der Waals surface area (Å²) in [4.78, 5) is 25.4. The van der Waals surface area contributed by atoms with Crippen molar-refractivity contribution in [1.82, 2.24) is 4.90 Å². The van der Waals surface area contributed by atoms with E-state index in [1.807, 2.05) is 24.3 Å². The predicted octanol–water partition coefficient (Wildman–Crippen LogP) is 2.56. The molecule has 22 heavy (non-hydrogen) atoms. The normalized spacial score (nSPS) is 14.8. The summed E-state index contributed by atoms with van der Waals surface area (Å²) in [6.07, 6.45) is 2.84. The van der Waals surface area contributed by atoms with Gasteiger partial charge < -0.3 is 10.1 Å². The van der Waals surface area contributed by atoms with Crippen LogP contribution in [0.4, 0.5) is 5.69 Å². The Morgan fingerprint density at radius 2 is 1.82 bits per heavy atom. The Labute approximate surface area is 131 Å². The average Bonchev–Trinajstić information content (AvgIpc) is 3.00. The summed E-state index contributed by atoms with van der Waals surface area (Å²) in [5.41, 5.74) is 2.02. The second kappa shape index (κ2) is 8.54. The molecule has 2 rings (SSSR count). The smallest absolute Gasteiger partial charge is 0.306 e. The van der Waals surface area contributed by atoms with E-state index in [1.54, 1.807) is 6.92 Å². The molecule has 0 unspecified atom stereocenters. The maximum atomic E-state index is 11.8. The van der Waals surface area contributed by atoms with Crippen LogP contribution < -0.4 is 5.32 Å². The molecule has 0 atom stereocenters. The Bertz CT molecular complexity index is 493. The fourth-order valence-corrected chi connectivity index (χ4v) is 2.56. The van der Waals surface area contributed by atoms with Crippen LogP contribution in [0, 0.1) is 0 Å². The van der Waals surface area contributed by atoms with Crippen LogP contribution in [0.3, 0.4) is 0 Å². The van der Waals surface area contributed by atoms with E-state index in [-0.39, 0.29) is 24.7 Å². The van der Waals surface area contributed by atoms with Crippen molar-refractivity contribution in [2.45, 2.75) is 39.2 Å². The summed E-state index contributed by atoms with van der Waals surface area (Å²) < 4.78 is 4.80. The van der Waals surface area contributed by atoms with Crippen molar-refractivity contribution in [3.8, 4) is 0 Å². The molecule has 1 saturated heterocycles. The number of carbonyl (C=O) groups excluding carboxylic acids is 2. The van der Waals surface area contributed by atoms with Gasteiger partial charge in [0.25, 0.3) is 0 Å². The Hall–Kier alpha value is -1.88. The van der Waals surface area contributed by atoms with Crippen molar-refractivity contribution < 1.29 is 14.3 Å². The largest absolute Gasteiger partial charge is 0.466 e. The Kier molecular flexibility index (Phi) is 6.40. The number of esters is 1. The average molecular weight is 304 g/mol. The maximum Gasteiger partial charge on any atom is 0.306 e. The lowest BCUT2D eigenvalue weighted by molar-refractivity contribution is -0.144. The number of nitrogens with zero attached hydrogens (tertiary/aromatic N) is 1. The van der Waals surface area contributed by atoms with Gasteiger partial charge in [-0.3, -0.25) is 14.5 Å². The molecule has 120 valence electrons. The Morgan fingerprint density at radius 1 is 1.14 bits per heavy atom. The summed E-state index contributed by atoms with van der Waals surface area (Å²) in [5, 5.41) is 2.80. The highest BCUT2D eigenvalue weighted by molar-refractivity contribution is 5.92. The van der Waals surface area contributed by atoms with Crippen LogP contribution in [-0.4, -0.2) is 36.5 Å². The second-order valence-electron chi connectivity index (χ2n) is 5.53. The van der Waals surface area contributed by atoms with Gasteiger partial charge >= 0.3 is 5.97 Å². The number of likely N-dealkylation sites (tertiary alicyclic amines) is 1. The van der Waals surface area contributed by atoms with E-state index in [9.17, 15) is 9.59 Å². The zero-order chi connectivity index (χ0) is 15.8. The molecule has 1 aromatic carbocycles. The number of nitrogens with one attached hydrogen (secondary N) is 1. The lowest BCUT2D eigenvalue weighted by Crippen LogP contribution is -2.18. The number of anilines is 1. The van der Waals surface area contributed by atoms with E-state index >= 15 is 0 Å². The third-order valence-corrected chi connectivity index (χ3v) is 3.70. The molecule has 0 spiro atoms. The van der Waals surface area contributed by atoms with Crippen molar-refractivity contribution in [2.75, 3.05) is 25.0 Å². The number of carbonyl (C=O) groups is 2. The van der Waals surface area contributed by atoms with E-state index in [4.69, 9.17) is 4.74 Å². The van der Waals surface area contributed by atoms with Crippen LogP contribution >= 0.6 is 0 Å². The standard InChI is InChI=1S/C17H24N2O3/c1-2-22-17(21)10-9-16(20)18-15-7-5-14(6-8-15)13-19-11-3-4-12-19/h5-8H,2-4,9-13H2,1H3,(H,18,20). The minimum absolute atomic E-state index is 0.118. The van der Waals surface area contributed by atoms with Gasteiger partial charge in [0.05, 0.1) is 13.0 Å². The predicted molar refractivity (Wildman–Crippen MR) is 85.4 cm³/mol. The van der Waals surface area contributed by atoms with Gasteiger partial charge in [-0.05, 0) is 50.6 Å². The molecular formula is C17H24N2O3. The number of amides is 1. The molecule has 1 aromatic rings. The van der Waals surface area contributed by atoms with Gasteiger partial charge in [0.15, 0.2) is 0 Å². The second-order valence-corrected chi connectivity index (χ2v) is 5.53. The first kappa shape index (κ1) is 16.5. The quantitative estimate of drug-likeness (QED) is 0.787. The number of hydrogen-bond acceptors (Lipinski definition) is 4. The Morgan fingerprint density at radius 3 is 2.45 bits per heavy atom. The van der Waals surface area contributed by atoms with Crippen molar-refractivity contribution in [3.05, 3.63) is 29.8 Å². The zero-order valence-corrected chi connectivity index (χ0v) is 13.1. The molecule has 0 bridgehead atoms.